The highest BCUT2D eigenvalue weighted by atomic mass is 16.6. The first kappa shape index (κ1) is 14.7. The largest absolute Gasteiger partial charge is 0.458 e. The second-order valence-electron chi connectivity index (χ2n) is 6.89. The minimum atomic E-state index is -0.515. The van der Waals surface area contributed by atoms with Gasteiger partial charge in [0.2, 0.25) is 12.3 Å². The van der Waals surface area contributed by atoms with Gasteiger partial charge in [0.1, 0.15) is 5.60 Å². The number of ether oxygens (including phenoxy) is 1. The molecule has 1 amide bonds. The van der Waals surface area contributed by atoms with Crippen LogP contribution in [0.2, 0.25) is 0 Å². The molecule has 1 saturated carbocycles. The zero-order valence-electron chi connectivity index (χ0n) is 13.1. The molecule has 1 atom stereocenters. The number of aromatic nitrogens is 2. The number of likely N-dealkylation sites (tertiary alicyclic amines) is 1. The number of hydrogen-bond acceptors (Lipinski definition) is 6. The van der Waals surface area contributed by atoms with E-state index >= 15 is 0 Å². The van der Waals surface area contributed by atoms with Gasteiger partial charge in [-0.25, -0.2) is 0 Å². The Hall–Kier alpha value is -1.92. The van der Waals surface area contributed by atoms with Gasteiger partial charge in [-0.2, -0.15) is 4.98 Å². The lowest BCUT2D eigenvalue weighted by molar-refractivity contribution is -0.152. The highest BCUT2D eigenvalue weighted by Gasteiger charge is 2.55. The smallest absolute Gasteiger partial charge is 0.307 e. The summed E-state index contributed by atoms with van der Waals surface area (Å²) in [6.07, 6.45) is 6.98. The van der Waals surface area contributed by atoms with Gasteiger partial charge in [0.05, 0.1) is 12.3 Å². The lowest BCUT2D eigenvalue weighted by atomic mass is 9.84. The third kappa shape index (κ3) is 2.52. The Kier molecular flexibility index (Phi) is 3.58. The van der Waals surface area contributed by atoms with Gasteiger partial charge >= 0.3 is 5.97 Å². The van der Waals surface area contributed by atoms with Crippen molar-refractivity contribution in [1.29, 1.82) is 0 Å². The second-order valence-corrected chi connectivity index (χ2v) is 6.89. The molecule has 4 rings (SSSR count). The van der Waals surface area contributed by atoms with Crippen LogP contribution in [0.3, 0.4) is 0 Å². The van der Waals surface area contributed by atoms with Crippen molar-refractivity contribution in [3.63, 3.8) is 0 Å². The van der Waals surface area contributed by atoms with Gasteiger partial charge in [-0.3, -0.25) is 9.59 Å². The maximum Gasteiger partial charge on any atom is 0.307 e. The van der Waals surface area contributed by atoms with Crippen molar-refractivity contribution >= 4 is 11.9 Å². The molecule has 1 spiro atoms. The van der Waals surface area contributed by atoms with E-state index < -0.39 is 5.60 Å². The molecular formula is C16H21N3O4. The molecule has 7 nitrogen and oxygen atoms in total. The van der Waals surface area contributed by atoms with Crippen LogP contribution in [0.1, 0.15) is 56.7 Å². The minimum Gasteiger partial charge on any atom is -0.458 e. The third-order valence-corrected chi connectivity index (χ3v) is 5.62. The second kappa shape index (κ2) is 5.62. The monoisotopic (exact) mass is 319 g/mol. The first-order valence-corrected chi connectivity index (χ1v) is 8.45. The van der Waals surface area contributed by atoms with E-state index in [1.165, 1.54) is 6.39 Å². The molecule has 1 aromatic heterocycles. The molecule has 3 heterocycles. The Balaban J connectivity index is 1.42. The standard InChI is InChI=1S/C16H21N3O4/c20-13-9-12(16(23-13)5-1-2-6-16)15(21)19-7-3-11(4-8-19)14-17-10-22-18-14/h10-12H,1-9H2/t12-/m0/s1. The zero-order chi connectivity index (χ0) is 15.9. The summed E-state index contributed by atoms with van der Waals surface area (Å²) < 4.78 is 10.4. The summed E-state index contributed by atoms with van der Waals surface area (Å²) in [7, 11) is 0. The molecular weight excluding hydrogens is 298 g/mol. The summed E-state index contributed by atoms with van der Waals surface area (Å²) in [5.74, 6) is 0.555. The van der Waals surface area contributed by atoms with Gasteiger partial charge in [0.15, 0.2) is 5.82 Å². The number of amides is 1. The molecule has 0 radical (unpaired) electrons. The molecule has 2 aliphatic heterocycles. The highest BCUT2D eigenvalue weighted by molar-refractivity contribution is 5.88. The van der Waals surface area contributed by atoms with Crippen LogP contribution in [0.4, 0.5) is 0 Å². The van der Waals surface area contributed by atoms with Crippen molar-refractivity contribution in [2.75, 3.05) is 13.1 Å². The van der Waals surface area contributed by atoms with Gasteiger partial charge in [0, 0.05) is 19.0 Å². The van der Waals surface area contributed by atoms with E-state index in [0.29, 0.717) is 13.1 Å². The van der Waals surface area contributed by atoms with Gasteiger partial charge in [-0.1, -0.05) is 5.16 Å². The number of hydrogen-bond donors (Lipinski definition) is 0. The third-order valence-electron chi connectivity index (χ3n) is 5.62. The molecule has 23 heavy (non-hydrogen) atoms. The molecule has 0 aromatic carbocycles. The molecule has 2 saturated heterocycles. The van der Waals surface area contributed by atoms with E-state index in [0.717, 1.165) is 44.3 Å². The number of piperidine rings is 1. The number of rotatable bonds is 2. The zero-order valence-corrected chi connectivity index (χ0v) is 13.1. The Morgan fingerprint density at radius 2 is 2.00 bits per heavy atom. The Bertz CT molecular complexity index is 586. The van der Waals surface area contributed by atoms with Crippen LogP contribution in [0, 0.1) is 5.92 Å². The molecule has 0 N–H and O–H groups in total. The fraction of sp³-hybridized carbons (Fsp3) is 0.750. The van der Waals surface area contributed by atoms with Crippen LogP contribution in [-0.4, -0.2) is 45.6 Å². The average molecular weight is 319 g/mol. The Morgan fingerprint density at radius 1 is 1.26 bits per heavy atom. The molecule has 3 aliphatic rings. The van der Waals surface area contributed by atoms with Crippen molar-refractivity contribution in [2.45, 2.75) is 56.5 Å². The summed E-state index contributed by atoms with van der Waals surface area (Å²) >= 11 is 0. The van der Waals surface area contributed by atoms with Crippen molar-refractivity contribution < 1.29 is 18.8 Å². The van der Waals surface area contributed by atoms with Crippen LogP contribution in [-0.2, 0) is 14.3 Å². The fourth-order valence-corrected chi connectivity index (χ4v) is 4.37. The number of carbonyl (C=O) groups is 2. The summed E-state index contributed by atoms with van der Waals surface area (Å²) in [6, 6.07) is 0. The van der Waals surface area contributed by atoms with E-state index in [9.17, 15) is 9.59 Å². The molecule has 0 unspecified atom stereocenters. The molecule has 1 aliphatic carbocycles. The summed E-state index contributed by atoms with van der Waals surface area (Å²) in [4.78, 5) is 30.7. The summed E-state index contributed by atoms with van der Waals surface area (Å²) in [6.45, 7) is 1.36. The lowest BCUT2D eigenvalue weighted by Gasteiger charge is -2.36. The molecule has 3 fully saturated rings. The van der Waals surface area contributed by atoms with E-state index in [4.69, 9.17) is 9.26 Å². The number of esters is 1. The van der Waals surface area contributed by atoms with Crippen LogP contribution in [0.25, 0.3) is 0 Å². The number of nitrogens with zero attached hydrogens (tertiary/aromatic N) is 3. The van der Waals surface area contributed by atoms with E-state index in [2.05, 4.69) is 10.1 Å². The molecule has 124 valence electrons. The van der Waals surface area contributed by atoms with Crippen molar-refractivity contribution in [3.8, 4) is 0 Å². The highest BCUT2D eigenvalue weighted by Crippen LogP contribution is 2.46. The quantitative estimate of drug-likeness (QED) is 0.771. The normalized spacial score (nSPS) is 27.6. The van der Waals surface area contributed by atoms with Crippen LogP contribution in [0.5, 0.6) is 0 Å². The Morgan fingerprint density at radius 3 is 2.65 bits per heavy atom. The van der Waals surface area contributed by atoms with E-state index in [-0.39, 0.29) is 30.1 Å². The lowest BCUT2D eigenvalue weighted by Crippen LogP contribution is -2.47. The Labute approximate surface area is 134 Å². The maximum absolute atomic E-state index is 12.9. The SMILES string of the molecule is O=C1C[C@@H](C(=O)N2CCC(c3ncon3)CC2)C2(CCCC2)O1. The van der Waals surface area contributed by atoms with Crippen molar-refractivity contribution in [2.24, 2.45) is 5.92 Å². The first-order valence-electron chi connectivity index (χ1n) is 8.45. The topological polar surface area (TPSA) is 85.5 Å². The summed E-state index contributed by atoms with van der Waals surface area (Å²) in [5, 5.41) is 3.90. The molecule has 0 bridgehead atoms. The fourth-order valence-electron chi connectivity index (χ4n) is 4.37. The first-order chi connectivity index (χ1) is 11.2. The number of carbonyl (C=O) groups excluding carboxylic acids is 2. The van der Waals surface area contributed by atoms with E-state index in [1.54, 1.807) is 0 Å². The maximum atomic E-state index is 12.9. The molecule has 1 aromatic rings. The van der Waals surface area contributed by atoms with Gasteiger partial charge < -0.3 is 14.2 Å². The predicted octanol–water partition coefficient (Wildman–Crippen LogP) is 1.65. The summed E-state index contributed by atoms with van der Waals surface area (Å²) in [5.41, 5.74) is -0.515. The van der Waals surface area contributed by atoms with Crippen LogP contribution >= 0.6 is 0 Å². The molecule has 7 heteroatoms. The van der Waals surface area contributed by atoms with Crippen LogP contribution in [0.15, 0.2) is 10.9 Å². The minimum absolute atomic E-state index is 0.0873. The van der Waals surface area contributed by atoms with E-state index in [1.807, 2.05) is 4.90 Å². The van der Waals surface area contributed by atoms with Crippen LogP contribution < -0.4 is 0 Å². The van der Waals surface area contributed by atoms with Gasteiger partial charge in [-0.05, 0) is 38.5 Å². The van der Waals surface area contributed by atoms with Gasteiger partial charge in [0.25, 0.3) is 0 Å². The van der Waals surface area contributed by atoms with Crippen molar-refractivity contribution in [1.82, 2.24) is 15.0 Å². The average Bonchev–Trinajstić information content (AvgIpc) is 3.29. The van der Waals surface area contributed by atoms with Gasteiger partial charge in [-0.15, -0.1) is 0 Å². The predicted molar refractivity (Wildman–Crippen MR) is 78.3 cm³/mol. The van der Waals surface area contributed by atoms with Crippen molar-refractivity contribution in [3.05, 3.63) is 12.2 Å².